The molecule has 112 valence electrons. The largest absolute Gasteiger partial charge is 0.397 e. The number of carbonyl (C=O) groups excluding carboxylic acids is 1. The van der Waals surface area contributed by atoms with Gasteiger partial charge in [-0.1, -0.05) is 11.6 Å². The average Bonchev–Trinajstić information content (AvgIpc) is 3.08. The molecule has 1 atom stereocenters. The summed E-state index contributed by atoms with van der Waals surface area (Å²) in [6, 6.07) is 5.49. The summed E-state index contributed by atoms with van der Waals surface area (Å²) < 4.78 is 6.51. The number of amides is 1. The standard InChI is InChI=1S/C15H17ClN2O2S/c16-9-3-4-12-11(8-9)13(17)14(21-12)15(19)18-6-5-10-2-1-7-20-10/h3-4,8,10H,1-2,5-7,17H2,(H,18,19). The molecule has 6 heteroatoms. The van der Waals surface area contributed by atoms with E-state index in [-0.39, 0.29) is 12.0 Å². The Morgan fingerprint density at radius 2 is 2.38 bits per heavy atom. The lowest BCUT2D eigenvalue weighted by Gasteiger charge is -2.09. The molecule has 0 radical (unpaired) electrons. The first-order chi connectivity index (χ1) is 10.1. The Labute approximate surface area is 132 Å². The van der Waals surface area contributed by atoms with Crippen LogP contribution in [-0.2, 0) is 4.74 Å². The number of benzene rings is 1. The number of halogens is 1. The molecule has 0 spiro atoms. The Kier molecular flexibility index (Phi) is 4.33. The molecule has 1 fully saturated rings. The van der Waals surface area contributed by atoms with E-state index >= 15 is 0 Å². The number of nitrogens with one attached hydrogen (secondary N) is 1. The second-order valence-electron chi connectivity index (χ2n) is 5.16. The minimum Gasteiger partial charge on any atom is -0.397 e. The van der Waals surface area contributed by atoms with E-state index in [0.29, 0.717) is 22.1 Å². The molecule has 0 saturated carbocycles. The number of anilines is 1. The summed E-state index contributed by atoms with van der Waals surface area (Å²) in [6.07, 6.45) is 3.33. The molecule has 3 N–H and O–H groups in total. The van der Waals surface area contributed by atoms with E-state index in [4.69, 9.17) is 22.1 Å². The van der Waals surface area contributed by atoms with E-state index in [2.05, 4.69) is 5.32 Å². The fourth-order valence-electron chi connectivity index (χ4n) is 2.56. The normalized spacial score (nSPS) is 18.2. The molecule has 1 saturated heterocycles. The van der Waals surface area contributed by atoms with Crippen molar-refractivity contribution < 1.29 is 9.53 Å². The number of rotatable bonds is 4. The fraction of sp³-hybridized carbons (Fsp3) is 0.400. The van der Waals surface area contributed by atoms with Crippen molar-refractivity contribution in [3.05, 3.63) is 28.1 Å². The number of fused-ring (bicyclic) bond motifs is 1. The molecule has 2 heterocycles. The molecule has 1 amide bonds. The van der Waals surface area contributed by atoms with Gasteiger partial charge in [0, 0.05) is 28.3 Å². The Bertz CT molecular complexity index is 665. The van der Waals surface area contributed by atoms with Crippen LogP contribution in [0.5, 0.6) is 0 Å². The minimum atomic E-state index is -0.122. The zero-order chi connectivity index (χ0) is 14.8. The number of carbonyl (C=O) groups is 1. The Morgan fingerprint density at radius 3 is 3.14 bits per heavy atom. The molecular formula is C15H17ClN2O2S. The van der Waals surface area contributed by atoms with Crippen LogP contribution in [0.3, 0.4) is 0 Å². The average molecular weight is 325 g/mol. The van der Waals surface area contributed by atoms with Gasteiger partial charge in [-0.15, -0.1) is 11.3 Å². The van der Waals surface area contributed by atoms with Crippen LogP contribution in [0.15, 0.2) is 18.2 Å². The van der Waals surface area contributed by atoms with Crippen LogP contribution in [-0.4, -0.2) is 25.2 Å². The second-order valence-corrected chi connectivity index (χ2v) is 6.65. The lowest BCUT2D eigenvalue weighted by Crippen LogP contribution is -2.26. The second kappa shape index (κ2) is 6.22. The number of hydrogen-bond donors (Lipinski definition) is 2. The summed E-state index contributed by atoms with van der Waals surface area (Å²) in [5, 5.41) is 4.39. The highest BCUT2D eigenvalue weighted by atomic mass is 35.5. The third kappa shape index (κ3) is 3.15. The Hall–Kier alpha value is -1.30. The van der Waals surface area contributed by atoms with Crippen molar-refractivity contribution in [1.29, 1.82) is 0 Å². The molecule has 1 aromatic heterocycles. The molecule has 2 aromatic rings. The van der Waals surface area contributed by atoms with Gasteiger partial charge >= 0.3 is 0 Å². The smallest absolute Gasteiger partial charge is 0.263 e. The molecular weight excluding hydrogens is 308 g/mol. The number of nitrogen functional groups attached to an aromatic ring is 1. The van der Waals surface area contributed by atoms with Crippen molar-refractivity contribution in [2.45, 2.75) is 25.4 Å². The summed E-state index contributed by atoms with van der Waals surface area (Å²) in [6.45, 7) is 1.45. The van der Waals surface area contributed by atoms with Crippen molar-refractivity contribution in [3.8, 4) is 0 Å². The third-order valence-electron chi connectivity index (χ3n) is 3.67. The van der Waals surface area contributed by atoms with Crippen LogP contribution < -0.4 is 11.1 Å². The number of thiophene rings is 1. The van der Waals surface area contributed by atoms with Gasteiger partial charge in [-0.3, -0.25) is 4.79 Å². The molecule has 4 nitrogen and oxygen atoms in total. The summed E-state index contributed by atoms with van der Waals surface area (Å²) in [7, 11) is 0. The van der Waals surface area contributed by atoms with Crippen LogP contribution in [0.1, 0.15) is 28.9 Å². The zero-order valence-electron chi connectivity index (χ0n) is 11.5. The van der Waals surface area contributed by atoms with Crippen molar-refractivity contribution in [2.24, 2.45) is 0 Å². The summed E-state index contributed by atoms with van der Waals surface area (Å²) in [5.74, 6) is -0.122. The highest BCUT2D eigenvalue weighted by molar-refractivity contribution is 7.21. The maximum Gasteiger partial charge on any atom is 0.263 e. The molecule has 1 unspecified atom stereocenters. The highest BCUT2D eigenvalue weighted by Gasteiger charge is 2.18. The summed E-state index contributed by atoms with van der Waals surface area (Å²) in [4.78, 5) is 12.8. The maximum absolute atomic E-state index is 12.2. The SMILES string of the molecule is Nc1c(C(=O)NCCC2CCCO2)sc2ccc(Cl)cc12. The van der Waals surface area contributed by atoms with E-state index in [9.17, 15) is 4.79 Å². The molecule has 1 aliphatic rings. The monoisotopic (exact) mass is 324 g/mol. The van der Waals surface area contributed by atoms with E-state index in [1.807, 2.05) is 6.07 Å². The predicted octanol–water partition coefficient (Wildman–Crippen LogP) is 3.44. The number of ether oxygens (including phenoxy) is 1. The van der Waals surface area contributed by atoms with Crippen LogP contribution in [0, 0.1) is 0 Å². The lowest BCUT2D eigenvalue weighted by molar-refractivity contribution is 0.0911. The van der Waals surface area contributed by atoms with Crippen LogP contribution in [0.2, 0.25) is 5.02 Å². The summed E-state index contributed by atoms with van der Waals surface area (Å²) >= 11 is 7.37. The van der Waals surface area contributed by atoms with Gasteiger partial charge < -0.3 is 15.8 Å². The predicted molar refractivity (Wildman–Crippen MR) is 87.2 cm³/mol. The van der Waals surface area contributed by atoms with Crippen LogP contribution in [0.4, 0.5) is 5.69 Å². The van der Waals surface area contributed by atoms with E-state index in [1.54, 1.807) is 12.1 Å². The van der Waals surface area contributed by atoms with Gasteiger partial charge in [0.25, 0.3) is 5.91 Å². The number of nitrogens with two attached hydrogens (primary N) is 1. The molecule has 1 aliphatic heterocycles. The molecule has 3 rings (SSSR count). The third-order valence-corrected chi connectivity index (χ3v) is 5.09. The molecule has 0 bridgehead atoms. The molecule has 0 aliphatic carbocycles. The van der Waals surface area contributed by atoms with Gasteiger partial charge in [0.2, 0.25) is 0 Å². The first-order valence-corrected chi connectivity index (χ1v) is 8.22. The quantitative estimate of drug-likeness (QED) is 0.905. The van der Waals surface area contributed by atoms with Gasteiger partial charge in [0.05, 0.1) is 11.8 Å². The molecule has 21 heavy (non-hydrogen) atoms. The minimum absolute atomic E-state index is 0.122. The zero-order valence-corrected chi connectivity index (χ0v) is 13.1. The fourth-order valence-corrected chi connectivity index (χ4v) is 3.75. The van der Waals surface area contributed by atoms with Crippen molar-refractivity contribution in [3.63, 3.8) is 0 Å². The first kappa shape index (κ1) is 14.6. The lowest BCUT2D eigenvalue weighted by atomic mass is 10.2. The van der Waals surface area contributed by atoms with E-state index < -0.39 is 0 Å². The van der Waals surface area contributed by atoms with E-state index in [0.717, 1.165) is 36.0 Å². The van der Waals surface area contributed by atoms with Gasteiger partial charge in [0.1, 0.15) is 4.88 Å². The van der Waals surface area contributed by atoms with Gasteiger partial charge in [-0.25, -0.2) is 0 Å². The molecule has 1 aromatic carbocycles. The van der Waals surface area contributed by atoms with Crippen LogP contribution >= 0.6 is 22.9 Å². The Balaban J connectivity index is 1.67. The van der Waals surface area contributed by atoms with Crippen molar-refractivity contribution in [1.82, 2.24) is 5.32 Å². The maximum atomic E-state index is 12.2. The van der Waals surface area contributed by atoms with Crippen molar-refractivity contribution >= 4 is 44.6 Å². The van der Waals surface area contributed by atoms with Gasteiger partial charge in [-0.2, -0.15) is 0 Å². The van der Waals surface area contributed by atoms with E-state index in [1.165, 1.54) is 11.3 Å². The van der Waals surface area contributed by atoms with Gasteiger partial charge in [-0.05, 0) is 37.5 Å². The Morgan fingerprint density at radius 1 is 1.52 bits per heavy atom. The van der Waals surface area contributed by atoms with Crippen molar-refractivity contribution in [2.75, 3.05) is 18.9 Å². The van der Waals surface area contributed by atoms with Crippen LogP contribution in [0.25, 0.3) is 10.1 Å². The number of hydrogen-bond acceptors (Lipinski definition) is 4. The highest BCUT2D eigenvalue weighted by Crippen LogP contribution is 2.35. The summed E-state index contributed by atoms with van der Waals surface area (Å²) in [5.41, 5.74) is 6.58. The first-order valence-electron chi connectivity index (χ1n) is 7.02. The topological polar surface area (TPSA) is 64.4 Å². The van der Waals surface area contributed by atoms with Gasteiger partial charge in [0.15, 0.2) is 0 Å².